The maximum atomic E-state index is 5.69. The highest BCUT2D eigenvalue weighted by molar-refractivity contribution is 5.77. The van der Waals surface area contributed by atoms with Crippen LogP contribution in [0.3, 0.4) is 0 Å². The number of nitrogens with zero attached hydrogens (tertiary/aromatic N) is 1. The van der Waals surface area contributed by atoms with Crippen LogP contribution < -0.4 is 10.8 Å². The Bertz CT molecular complexity index is 674. The van der Waals surface area contributed by atoms with Crippen molar-refractivity contribution in [2.24, 2.45) is 4.99 Å². The molecule has 0 N–H and O–H groups in total. The van der Waals surface area contributed by atoms with Gasteiger partial charge in [0, 0.05) is 11.6 Å². The zero-order valence-electron chi connectivity index (χ0n) is 8.05. The summed E-state index contributed by atoms with van der Waals surface area (Å²) in [6.07, 6.45) is 9.50. The lowest BCUT2D eigenvalue weighted by molar-refractivity contribution is 0.573. The van der Waals surface area contributed by atoms with E-state index in [4.69, 9.17) is 4.42 Å². The molecule has 0 radical (unpaired) electrons. The van der Waals surface area contributed by atoms with Gasteiger partial charge in [0.25, 0.3) is 0 Å². The van der Waals surface area contributed by atoms with Crippen LogP contribution in [0.4, 0.5) is 0 Å². The number of hydrogen-bond donors (Lipinski definition) is 0. The summed E-state index contributed by atoms with van der Waals surface area (Å²) in [4.78, 5) is 4.38. The molecular formula is C13H9NO. The third-order valence-electron chi connectivity index (χ3n) is 2.36. The smallest absolute Gasteiger partial charge is 0.153 e. The van der Waals surface area contributed by atoms with Gasteiger partial charge in [-0.3, -0.25) is 4.99 Å². The molecule has 1 aromatic carbocycles. The number of furan rings is 1. The van der Waals surface area contributed by atoms with Crippen LogP contribution in [0.15, 0.2) is 58.1 Å². The zero-order chi connectivity index (χ0) is 10.1. The van der Waals surface area contributed by atoms with E-state index < -0.39 is 0 Å². The van der Waals surface area contributed by atoms with Crippen LogP contribution in [-0.2, 0) is 0 Å². The second-order valence-electron chi connectivity index (χ2n) is 3.33. The monoisotopic (exact) mass is 195 g/mol. The first kappa shape index (κ1) is 8.24. The van der Waals surface area contributed by atoms with Crippen LogP contribution >= 0.6 is 0 Å². The molecule has 2 heterocycles. The molecule has 1 aliphatic rings. The molecule has 0 saturated heterocycles. The predicted molar refractivity (Wildman–Crippen MR) is 59.7 cm³/mol. The Morgan fingerprint density at radius 3 is 2.93 bits per heavy atom. The molecule has 0 fully saturated rings. The summed E-state index contributed by atoms with van der Waals surface area (Å²) in [6, 6.07) is 7.93. The van der Waals surface area contributed by atoms with Crippen molar-refractivity contribution in [1.82, 2.24) is 0 Å². The fraction of sp³-hybridized carbons (Fsp3) is 0. The van der Waals surface area contributed by atoms with E-state index in [2.05, 4.69) is 4.99 Å². The van der Waals surface area contributed by atoms with Gasteiger partial charge in [0.05, 0.1) is 0 Å². The van der Waals surface area contributed by atoms with Gasteiger partial charge in [0.15, 0.2) is 5.42 Å². The number of rotatable bonds is 0. The Balaban J connectivity index is 2.56. The minimum absolute atomic E-state index is 0.816. The molecule has 15 heavy (non-hydrogen) atoms. The first-order chi connectivity index (χ1) is 7.45. The molecule has 0 amide bonds. The van der Waals surface area contributed by atoms with Crippen molar-refractivity contribution < 1.29 is 4.42 Å². The van der Waals surface area contributed by atoms with Crippen LogP contribution in [0.2, 0.25) is 0 Å². The van der Waals surface area contributed by atoms with E-state index in [-0.39, 0.29) is 0 Å². The molecule has 0 unspecified atom stereocenters. The predicted octanol–water partition coefficient (Wildman–Crippen LogP) is 1.92. The molecule has 0 bridgehead atoms. The van der Waals surface area contributed by atoms with Crippen molar-refractivity contribution in [2.75, 3.05) is 0 Å². The van der Waals surface area contributed by atoms with Crippen LogP contribution in [0.25, 0.3) is 17.0 Å². The number of allylic oxidation sites excluding steroid dienone is 3. The molecule has 1 aromatic heterocycles. The van der Waals surface area contributed by atoms with E-state index in [0.717, 1.165) is 21.7 Å². The second kappa shape index (κ2) is 3.24. The minimum Gasteiger partial charge on any atom is -0.454 e. The summed E-state index contributed by atoms with van der Waals surface area (Å²) >= 11 is 0. The average Bonchev–Trinajstić information content (AvgIpc) is 2.55. The molecule has 2 heteroatoms. The van der Waals surface area contributed by atoms with E-state index in [9.17, 15) is 0 Å². The van der Waals surface area contributed by atoms with Crippen LogP contribution in [-0.4, -0.2) is 0 Å². The normalized spacial score (nSPS) is 22.7. The van der Waals surface area contributed by atoms with Gasteiger partial charge in [-0.25, -0.2) is 0 Å². The lowest BCUT2D eigenvalue weighted by Crippen LogP contribution is -2.19. The first-order valence-corrected chi connectivity index (χ1v) is 4.84. The topological polar surface area (TPSA) is 25.5 Å². The number of para-hydroxylation sites is 1. The van der Waals surface area contributed by atoms with Gasteiger partial charge >= 0.3 is 0 Å². The Morgan fingerprint density at radius 1 is 1.00 bits per heavy atom. The van der Waals surface area contributed by atoms with Crippen molar-refractivity contribution in [3.8, 4) is 0 Å². The van der Waals surface area contributed by atoms with E-state index in [1.165, 1.54) is 0 Å². The largest absolute Gasteiger partial charge is 0.454 e. The highest BCUT2D eigenvalue weighted by Gasteiger charge is 2.01. The van der Waals surface area contributed by atoms with Crippen molar-refractivity contribution >= 4 is 17.0 Å². The molecule has 0 spiro atoms. The SMILES string of the molecule is C1=C\C=c2\oc3ccccc3\c2=N\C=C/1. The summed E-state index contributed by atoms with van der Waals surface area (Å²) in [5, 5.41) is 1.97. The van der Waals surface area contributed by atoms with Gasteiger partial charge in [-0.05, 0) is 24.3 Å². The second-order valence-corrected chi connectivity index (χ2v) is 3.33. The molecule has 2 aromatic rings. The Morgan fingerprint density at radius 2 is 1.93 bits per heavy atom. The third-order valence-corrected chi connectivity index (χ3v) is 2.36. The molecule has 0 aliphatic carbocycles. The summed E-state index contributed by atoms with van der Waals surface area (Å²) < 4.78 is 5.69. The molecule has 72 valence electrons. The van der Waals surface area contributed by atoms with Crippen molar-refractivity contribution in [2.45, 2.75) is 0 Å². The van der Waals surface area contributed by atoms with Crippen LogP contribution in [0, 0.1) is 0 Å². The van der Waals surface area contributed by atoms with Crippen molar-refractivity contribution in [3.05, 3.63) is 59.5 Å². The highest BCUT2D eigenvalue weighted by Crippen LogP contribution is 2.06. The maximum absolute atomic E-state index is 5.69. The number of benzene rings is 1. The number of fused-ring (bicyclic) bond motifs is 3. The minimum atomic E-state index is 0.816. The quantitative estimate of drug-likeness (QED) is 0.630. The van der Waals surface area contributed by atoms with Crippen molar-refractivity contribution in [3.63, 3.8) is 0 Å². The fourth-order valence-electron chi connectivity index (χ4n) is 1.67. The van der Waals surface area contributed by atoms with Gasteiger partial charge in [-0.15, -0.1) is 0 Å². The lowest BCUT2D eigenvalue weighted by atomic mass is 10.2. The standard InChI is InChI=1S/C13H9NO/c1-2-8-12-13(14-9-5-1)10-6-3-4-7-11(10)15-12/h1-9H/b2-1-,5-1?,8-2?,9-5-,12-8+,14-9?,14-13-. The van der Waals surface area contributed by atoms with Crippen LogP contribution in [0.1, 0.15) is 0 Å². The van der Waals surface area contributed by atoms with Gasteiger partial charge in [0.2, 0.25) is 0 Å². The summed E-state index contributed by atoms with van der Waals surface area (Å²) in [6.45, 7) is 0. The highest BCUT2D eigenvalue weighted by atomic mass is 16.3. The Hall–Kier alpha value is -2.09. The molecule has 3 rings (SSSR count). The maximum Gasteiger partial charge on any atom is 0.153 e. The summed E-state index contributed by atoms with van der Waals surface area (Å²) in [7, 11) is 0. The van der Waals surface area contributed by atoms with Crippen molar-refractivity contribution in [1.29, 1.82) is 0 Å². The first-order valence-electron chi connectivity index (χ1n) is 4.84. The van der Waals surface area contributed by atoms with E-state index in [1.54, 1.807) is 6.20 Å². The van der Waals surface area contributed by atoms with E-state index in [0.29, 0.717) is 0 Å². The lowest BCUT2D eigenvalue weighted by Gasteiger charge is -1.83. The Labute approximate surface area is 86.6 Å². The van der Waals surface area contributed by atoms with Gasteiger partial charge in [-0.2, -0.15) is 0 Å². The van der Waals surface area contributed by atoms with Crippen LogP contribution in [0.5, 0.6) is 0 Å². The van der Waals surface area contributed by atoms with Gasteiger partial charge < -0.3 is 4.42 Å². The molecule has 0 saturated carbocycles. The molecule has 0 atom stereocenters. The van der Waals surface area contributed by atoms with Gasteiger partial charge in [0.1, 0.15) is 10.9 Å². The van der Waals surface area contributed by atoms with E-state index in [1.807, 2.05) is 48.6 Å². The molecule has 2 nitrogen and oxygen atoms in total. The van der Waals surface area contributed by atoms with Gasteiger partial charge in [-0.1, -0.05) is 24.3 Å². The average molecular weight is 195 g/mol. The summed E-state index contributed by atoms with van der Waals surface area (Å²) in [5.74, 6) is 0. The third kappa shape index (κ3) is 1.31. The molecule has 1 aliphatic heterocycles. The zero-order valence-corrected chi connectivity index (χ0v) is 8.05. The van der Waals surface area contributed by atoms with E-state index >= 15 is 0 Å². The fourth-order valence-corrected chi connectivity index (χ4v) is 1.67. The Kier molecular flexibility index (Phi) is 1.78. The molecular weight excluding hydrogens is 186 g/mol. The summed E-state index contributed by atoms with van der Waals surface area (Å²) in [5.41, 5.74) is 1.70. The number of hydrogen-bond acceptors (Lipinski definition) is 2.